The van der Waals surface area contributed by atoms with E-state index in [9.17, 15) is 9.18 Å². The minimum absolute atomic E-state index is 0.100. The van der Waals surface area contributed by atoms with Crippen molar-refractivity contribution < 1.29 is 13.9 Å². The number of thiazole rings is 1. The molecule has 0 radical (unpaired) electrons. The molecule has 4 aromatic rings. The number of hydrogen-bond acceptors (Lipinski definition) is 6. The van der Waals surface area contributed by atoms with Crippen LogP contribution in [0.2, 0.25) is 0 Å². The molecule has 2 aromatic heterocycles. The van der Waals surface area contributed by atoms with Crippen LogP contribution < -0.4 is 10.1 Å². The molecule has 31 heavy (non-hydrogen) atoms. The number of carbonyl (C=O) groups is 1. The Balaban J connectivity index is 1.57. The number of nitrogens with zero attached hydrogens (tertiary/aromatic N) is 4. The predicted molar refractivity (Wildman–Crippen MR) is 116 cm³/mol. The van der Waals surface area contributed by atoms with Crippen molar-refractivity contribution in [3.05, 3.63) is 76.2 Å². The van der Waals surface area contributed by atoms with Crippen LogP contribution in [0, 0.1) is 19.7 Å². The van der Waals surface area contributed by atoms with E-state index in [1.165, 1.54) is 17.4 Å². The number of methoxy groups -OCH3 is 1. The molecule has 0 aliphatic heterocycles. The number of nitrogens with one attached hydrogen (secondary N) is 1. The van der Waals surface area contributed by atoms with Crippen LogP contribution in [0.15, 0.2) is 48.5 Å². The Labute approximate surface area is 182 Å². The van der Waals surface area contributed by atoms with Gasteiger partial charge in [0.15, 0.2) is 0 Å². The van der Waals surface area contributed by atoms with E-state index in [1.807, 2.05) is 31.2 Å². The van der Waals surface area contributed by atoms with E-state index in [0.717, 1.165) is 11.4 Å². The highest BCUT2D eigenvalue weighted by Crippen LogP contribution is 2.30. The van der Waals surface area contributed by atoms with Crippen LogP contribution in [0.4, 0.5) is 4.39 Å². The largest absolute Gasteiger partial charge is 0.497 e. The van der Waals surface area contributed by atoms with Gasteiger partial charge in [0.2, 0.25) is 0 Å². The molecule has 0 spiro atoms. The summed E-state index contributed by atoms with van der Waals surface area (Å²) in [7, 11) is 1.61. The summed E-state index contributed by atoms with van der Waals surface area (Å²) < 4.78 is 20.8. The number of carbonyl (C=O) groups excluding carboxylic acids is 1. The van der Waals surface area contributed by atoms with Gasteiger partial charge < -0.3 is 10.1 Å². The Kier molecular flexibility index (Phi) is 5.77. The van der Waals surface area contributed by atoms with Gasteiger partial charge in [-0.1, -0.05) is 29.5 Å². The molecule has 0 atom stereocenters. The van der Waals surface area contributed by atoms with Crippen molar-refractivity contribution in [2.24, 2.45) is 0 Å². The maximum absolute atomic E-state index is 13.8. The second kappa shape index (κ2) is 8.65. The van der Waals surface area contributed by atoms with Crippen LogP contribution >= 0.6 is 11.3 Å². The van der Waals surface area contributed by atoms with Crippen molar-refractivity contribution >= 4 is 17.2 Å². The fourth-order valence-electron chi connectivity index (χ4n) is 3.12. The van der Waals surface area contributed by atoms with Gasteiger partial charge in [-0.25, -0.2) is 14.1 Å². The Bertz CT molecular complexity index is 1250. The molecule has 0 fully saturated rings. The van der Waals surface area contributed by atoms with E-state index in [0.29, 0.717) is 32.6 Å². The van der Waals surface area contributed by atoms with Crippen LogP contribution in [0.1, 0.15) is 26.6 Å². The first-order chi connectivity index (χ1) is 15.0. The van der Waals surface area contributed by atoms with Crippen LogP contribution in [-0.2, 0) is 6.54 Å². The van der Waals surface area contributed by atoms with Crippen molar-refractivity contribution in [1.29, 1.82) is 0 Å². The number of rotatable bonds is 6. The molecule has 2 heterocycles. The number of benzene rings is 2. The summed E-state index contributed by atoms with van der Waals surface area (Å²) in [5.41, 5.74) is 3.22. The van der Waals surface area contributed by atoms with E-state index < -0.39 is 0 Å². The third-order valence-electron chi connectivity index (χ3n) is 4.80. The summed E-state index contributed by atoms with van der Waals surface area (Å²) in [6.45, 7) is 3.76. The van der Waals surface area contributed by atoms with Gasteiger partial charge in [-0.05, 0) is 32.0 Å². The number of halogens is 1. The molecule has 9 heteroatoms. The lowest BCUT2D eigenvalue weighted by atomic mass is 10.2. The predicted octanol–water partition coefficient (Wildman–Crippen LogP) is 4.09. The summed E-state index contributed by atoms with van der Waals surface area (Å²) in [4.78, 5) is 17.6. The smallest absolute Gasteiger partial charge is 0.263 e. The molecule has 0 aliphatic carbocycles. The highest BCUT2D eigenvalue weighted by molar-refractivity contribution is 7.17. The second-order valence-electron chi connectivity index (χ2n) is 6.84. The van der Waals surface area contributed by atoms with E-state index in [1.54, 1.807) is 36.9 Å². The summed E-state index contributed by atoms with van der Waals surface area (Å²) in [5.74, 6) is 0.0597. The molecule has 1 amide bonds. The molecule has 0 unspecified atom stereocenters. The number of amides is 1. The highest BCUT2D eigenvalue weighted by atomic mass is 32.1. The molecule has 2 aromatic carbocycles. The average Bonchev–Trinajstić information content (AvgIpc) is 3.35. The lowest BCUT2D eigenvalue weighted by molar-refractivity contribution is 0.0954. The fraction of sp³-hybridized carbons (Fsp3) is 0.182. The van der Waals surface area contributed by atoms with Crippen LogP contribution in [0.5, 0.6) is 5.75 Å². The van der Waals surface area contributed by atoms with Gasteiger partial charge in [0, 0.05) is 18.2 Å². The van der Waals surface area contributed by atoms with Gasteiger partial charge in [0.1, 0.15) is 27.1 Å². The SMILES string of the molecule is COc1cccc(-n2nnc(-c3nc(C)c(C(=O)NCc4ccccc4F)s3)c2C)c1. The van der Waals surface area contributed by atoms with Crippen LogP contribution in [0.25, 0.3) is 16.4 Å². The fourth-order valence-corrected chi connectivity index (χ4v) is 4.14. The lowest BCUT2D eigenvalue weighted by Crippen LogP contribution is -2.23. The van der Waals surface area contributed by atoms with Gasteiger partial charge in [0.05, 0.1) is 24.2 Å². The molecule has 0 saturated carbocycles. The second-order valence-corrected chi connectivity index (χ2v) is 7.84. The Morgan fingerprint density at radius 2 is 2.00 bits per heavy atom. The first-order valence-corrected chi connectivity index (χ1v) is 10.4. The van der Waals surface area contributed by atoms with Crippen molar-refractivity contribution in [2.45, 2.75) is 20.4 Å². The van der Waals surface area contributed by atoms with Crippen LogP contribution in [-0.4, -0.2) is 33.0 Å². The Morgan fingerprint density at radius 1 is 1.19 bits per heavy atom. The maximum Gasteiger partial charge on any atom is 0.263 e. The lowest BCUT2D eigenvalue weighted by Gasteiger charge is -2.05. The normalized spacial score (nSPS) is 10.8. The molecular weight excluding hydrogens is 417 g/mol. The maximum atomic E-state index is 13.8. The molecule has 0 saturated heterocycles. The van der Waals surface area contributed by atoms with Gasteiger partial charge in [-0.15, -0.1) is 16.4 Å². The van der Waals surface area contributed by atoms with Crippen molar-refractivity contribution in [3.63, 3.8) is 0 Å². The molecule has 1 N–H and O–H groups in total. The quantitative estimate of drug-likeness (QED) is 0.491. The third kappa shape index (κ3) is 4.17. The summed E-state index contributed by atoms with van der Waals surface area (Å²) in [6.07, 6.45) is 0. The minimum Gasteiger partial charge on any atom is -0.497 e. The van der Waals surface area contributed by atoms with Crippen molar-refractivity contribution in [2.75, 3.05) is 7.11 Å². The standard InChI is InChI=1S/C22H20FN5O2S/c1-13-20(21(29)24-12-15-7-4-5-10-18(15)23)31-22(25-13)19-14(2)28(27-26-19)16-8-6-9-17(11-16)30-3/h4-11H,12H2,1-3H3,(H,24,29). The first kappa shape index (κ1) is 20.7. The zero-order chi connectivity index (χ0) is 22.0. The number of aryl methyl sites for hydroxylation is 1. The van der Waals surface area contributed by atoms with Gasteiger partial charge >= 0.3 is 0 Å². The van der Waals surface area contributed by atoms with E-state index >= 15 is 0 Å². The number of hydrogen-bond donors (Lipinski definition) is 1. The number of aromatic nitrogens is 4. The average molecular weight is 438 g/mol. The molecular formula is C22H20FN5O2S. The Hall–Kier alpha value is -3.59. The third-order valence-corrected chi connectivity index (χ3v) is 5.96. The summed E-state index contributed by atoms with van der Waals surface area (Å²) in [6, 6.07) is 13.8. The van der Waals surface area contributed by atoms with E-state index in [2.05, 4.69) is 20.6 Å². The molecule has 158 valence electrons. The minimum atomic E-state index is -0.353. The summed E-state index contributed by atoms with van der Waals surface area (Å²) >= 11 is 1.23. The molecule has 0 aliphatic rings. The zero-order valence-corrected chi connectivity index (χ0v) is 18.0. The van der Waals surface area contributed by atoms with Gasteiger partial charge in [-0.3, -0.25) is 4.79 Å². The molecule has 0 bridgehead atoms. The van der Waals surface area contributed by atoms with Gasteiger partial charge in [-0.2, -0.15) is 0 Å². The van der Waals surface area contributed by atoms with Crippen LogP contribution in [0.3, 0.4) is 0 Å². The van der Waals surface area contributed by atoms with Crippen molar-refractivity contribution in [3.8, 4) is 22.1 Å². The van der Waals surface area contributed by atoms with E-state index in [-0.39, 0.29) is 18.3 Å². The van der Waals surface area contributed by atoms with E-state index in [4.69, 9.17) is 4.74 Å². The zero-order valence-electron chi connectivity index (χ0n) is 17.2. The Morgan fingerprint density at radius 3 is 2.77 bits per heavy atom. The number of ether oxygens (including phenoxy) is 1. The molecule has 4 rings (SSSR count). The topological polar surface area (TPSA) is 81.9 Å². The monoisotopic (exact) mass is 437 g/mol. The summed E-state index contributed by atoms with van der Waals surface area (Å²) in [5, 5.41) is 11.9. The molecule has 7 nitrogen and oxygen atoms in total. The van der Waals surface area contributed by atoms with Crippen molar-refractivity contribution in [1.82, 2.24) is 25.3 Å². The van der Waals surface area contributed by atoms with Gasteiger partial charge in [0.25, 0.3) is 5.91 Å². The first-order valence-electron chi connectivity index (χ1n) is 9.54. The highest BCUT2D eigenvalue weighted by Gasteiger charge is 2.21.